The van der Waals surface area contributed by atoms with Crippen molar-refractivity contribution >= 4 is 5.91 Å². The van der Waals surface area contributed by atoms with Crippen LogP contribution in [0.25, 0.3) is 11.1 Å². The number of hydrogen-bond donors (Lipinski definition) is 1. The normalized spacial score (nSPS) is 11.6. The van der Waals surface area contributed by atoms with Crippen molar-refractivity contribution in [2.45, 2.75) is 25.8 Å². The Morgan fingerprint density at radius 1 is 1.07 bits per heavy atom. The first-order chi connectivity index (χ1) is 13.2. The second-order valence-corrected chi connectivity index (χ2v) is 6.56. The second kappa shape index (κ2) is 8.99. The largest absolute Gasteiger partial charge is 0.496 e. The Morgan fingerprint density at radius 3 is 2.59 bits per heavy atom. The lowest BCUT2D eigenvalue weighted by Crippen LogP contribution is -2.33. The highest BCUT2D eigenvalue weighted by Crippen LogP contribution is 2.27. The molecule has 1 amide bonds. The molecule has 1 aromatic heterocycles. The van der Waals surface area contributed by atoms with E-state index in [0.717, 1.165) is 24.0 Å². The Labute approximate surface area is 160 Å². The average molecular weight is 360 g/mol. The third-order valence-electron chi connectivity index (χ3n) is 4.52. The minimum atomic E-state index is -0.120. The van der Waals surface area contributed by atoms with Crippen LogP contribution in [0.4, 0.5) is 0 Å². The van der Waals surface area contributed by atoms with E-state index >= 15 is 0 Å². The first-order valence-corrected chi connectivity index (χ1v) is 9.10. The SMILES string of the molecule is COc1cc(-c2ccccc2)ccc1C(=O)NC(C)CCc1cccnc1. The molecule has 138 valence electrons. The van der Waals surface area contributed by atoms with E-state index in [1.165, 1.54) is 5.56 Å². The molecular weight excluding hydrogens is 336 g/mol. The van der Waals surface area contributed by atoms with Crippen molar-refractivity contribution in [1.29, 1.82) is 0 Å². The fourth-order valence-electron chi connectivity index (χ4n) is 2.99. The molecule has 1 unspecified atom stereocenters. The molecule has 0 saturated carbocycles. The van der Waals surface area contributed by atoms with Crippen molar-refractivity contribution in [2.24, 2.45) is 0 Å². The van der Waals surface area contributed by atoms with Crippen molar-refractivity contribution in [3.8, 4) is 16.9 Å². The molecule has 4 heteroatoms. The Morgan fingerprint density at radius 2 is 1.89 bits per heavy atom. The lowest BCUT2D eigenvalue weighted by Gasteiger charge is -2.16. The van der Waals surface area contributed by atoms with Gasteiger partial charge >= 0.3 is 0 Å². The molecule has 3 rings (SSSR count). The molecule has 0 saturated heterocycles. The van der Waals surface area contributed by atoms with Gasteiger partial charge in [0.25, 0.3) is 5.91 Å². The molecule has 1 heterocycles. The van der Waals surface area contributed by atoms with E-state index in [2.05, 4.69) is 10.3 Å². The van der Waals surface area contributed by atoms with Crippen molar-refractivity contribution in [1.82, 2.24) is 10.3 Å². The Kier molecular flexibility index (Phi) is 6.21. The zero-order valence-corrected chi connectivity index (χ0v) is 15.7. The van der Waals surface area contributed by atoms with Gasteiger partial charge in [-0.05, 0) is 54.7 Å². The van der Waals surface area contributed by atoms with Gasteiger partial charge in [0.15, 0.2) is 0 Å². The molecule has 0 fully saturated rings. The van der Waals surface area contributed by atoms with Crippen molar-refractivity contribution in [3.63, 3.8) is 0 Å². The fraction of sp³-hybridized carbons (Fsp3) is 0.217. The van der Waals surface area contributed by atoms with Crippen LogP contribution in [-0.2, 0) is 6.42 Å². The van der Waals surface area contributed by atoms with Crippen LogP contribution in [0.2, 0.25) is 0 Å². The number of nitrogens with one attached hydrogen (secondary N) is 1. The number of ether oxygens (including phenoxy) is 1. The number of carbonyl (C=O) groups excluding carboxylic acids is 1. The van der Waals surface area contributed by atoms with E-state index in [-0.39, 0.29) is 11.9 Å². The lowest BCUT2D eigenvalue weighted by atomic mass is 10.0. The van der Waals surface area contributed by atoms with E-state index in [4.69, 9.17) is 4.74 Å². The molecule has 4 nitrogen and oxygen atoms in total. The maximum Gasteiger partial charge on any atom is 0.255 e. The van der Waals surface area contributed by atoms with Gasteiger partial charge in [0.05, 0.1) is 12.7 Å². The first-order valence-electron chi connectivity index (χ1n) is 9.10. The van der Waals surface area contributed by atoms with Crippen LogP contribution in [0.3, 0.4) is 0 Å². The van der Waals surface area contributed by atoms with Crippen molar-refractivity contribution < 1.29 is 9.53 Å². The van der Waals surface area contributed by atoms with E-state index in [1.54, 1.807) is 13.3 Å². The smallest absolute Gasteiger partial charge is 0.255 e. The van der Waals surface area contributed by atoms with Gasteiger partial charge in [-0.1, -0.05) is 42.5 Å². The molecule has 0 radical (unpaired) electrons. The number of amides is 1. The summed E-state index contributed by atoms with van der Waals surface area (Å²) >= 11 is 0. The first kappa shape index (κ1) is 18.6. The quantitative estimate of drug-likeness (QED) is 0.674. The fourth-order valence-corrected chi connectivity index (χ4v) is 2.99. The Balaban J connectivity index is 1.67. The molecule has 1 atom stereocenters. The number of benzene rings is 2. The molecule has 0 aliphatic carbocycles. The van der Waals surface area contributed by atoms with Crippen LogP contribution >= 0.6 is 0 Å². The number of hydrogen-bond acceptors (Lipinski definition) is 3. The molecule has 27 heavy (non-hydrogen) atoms. The zero-order chi connectivity index (χ0) is 19.1. The third kappa shape index (κ3) is 4.94. The average Bonchev–Trinajstić information content (AvgIpc) is 2.73. The second-order valence-electron chi connectivity index (χ2n) is 6.56. The van der Waals surface area contributed by atoms with Gasteiger partial charge in [-0.3, -0.25) is 9.78 Å². The summed E-state index contributed by atoms with van der Waals surface area (Å²) in [5.41, 5.74) is 3.83. The molecule has 2 aromatic carbocycles. The van der Waals surface area contributed by atoms with Gasteiger partial charge in [-0.2, -0.15) is 0 Å². The number of methoxy groups -OCH3 is 1. The van der Waals surface area contributed by atoms with Gasteiger partial charge in [0, 0.05) is 18.4 Å². The standard InChI is InChI=1S/C23H24N2O2/c1-17(10-11-18-7-6-14-24-16-18)25-23(26)21-13-12-20(15-22(21)27-2)19-8-4-3-5-9-19/h3-9,12-17H,10-11H2,1-2H3,(H,25,26). The third-order valence-corrected chi connectivity index (χ3v) is 4.52. The van der Waals surface area contributed by atoms with Crippen molar-refractivity contribution in [3.05, 3.63) is 84.2 Å². The highest BCUT2D eigenvalue weighted by Gasteiger charge is 2.15. The van der Waals surface area contributed by atoms with Gasteiger partial charge in [0.1, 0.15) is 5.75 Å². The van der Waals surface area contributed by atoms with Gasteiger partial charge < -0.3 is 10.1 Å². The predicted octanol–water partition coefficient (Wildman–Crippen LogP) is 4.51. The predicted molar refractivity (Wildman–Crippen MR) is 108 cm³/mol. The molecule has 1 N–H and O–H groups in total. The van der Waals surface area contributed by atoms with Crippen LogP contribution in [0, 0.1) is 0 Å². The number of carbonyl (C=O) groups is 1. The van der Waals surface area contributed by atoms with Gasteiger partial charge in [-0.25, -0.2) is 0 Å². The zero-order valence-electron chi connectivity index (χ0n) is 15.7. The summed E-state index contributed by atoms with van der Waals surface area (Å²) in [6, 6.07) is 19.8. The minimum Gasteiger partial charge on any atom is -0.496 e. The molecular formula is C23H24N2O2. The van der Waals surface area contributed by atoms with E-state index in [0.29, 0.717) is 11.3 Å². The molecule has 3 aromatic rings. The molecule has 0 spiro atoms. The lowest BCUT2D eigenvalue weighted by molar-refractivity contribution is 0.0935. The Bertz CT molecular complexity index is 879. The molecule has 0 bridgehead atoms. The topological polar surface area (TPSA) is 51.2 Å². The van der Waals surface area contributed by atoms with Crippen LogP contribution in [-0.4, -0.2) is 24.0 Å². The highest BCUT2D eigenvalue weighted by atomic mass is 16.5. The number of nitrogens with zero attached hydrogens (tertiary/aromatic N) is 1. The summed E-state index contributed by atoms with van der Waals surface area (Å²) in [7, 11) is 1.59. The number of rotatable bonds is 7. The van der Waals surface area contributed by atoms with E-state index < -0.39 is 0 Å². The van der Waals surface area contributed by atoms with Gasteiger partial charge in [-0.15, -0.1) is 0 Å². The summed E-state index contributed by atoms with van der Waals surface area (Å²) in [5.74, 6) is 0.457. The summed E-state index contributed by atoms with van der Waals surface area (Å²) in [4.78, 5) is 16.8. The molecule has 0 aliphatic heterocycles. The highest BCUT2D eigenvalue weighted by molar-refractivity contribution is 5.97. The summed E-state index contributed by atoms with van der Waals surface area (Å²) < 4.78 is 5.47. The number of aromatic nitrogens is 1. The van der Waals surface area contributed by atoms with Crippen LogP contribution in [0.1, 0.15) is 29.3 Å². The number of aryl methyl sites for hydroxylation is 1. The van der Waals surface area contributed by atoms with E-state index in [9.17, 15) is 4.79 Å². The maximum atomic E-state index is 12.7. The monoisotopic (exact) mass is 360 g/mol. The number of pyridine rings is 1. The minimum absolute atomic E-state index is 0.0520. The van der Waals surface area contributed by atoms with Crippen molar-refractivity contribution in [2.75, 3.05) is 7.11 Å². The molecule has 0 aliphatic rings. The Hall–Kier alpha value is -3.14. The maximum absolute atomic E-state index is 12.7. The van der Waals surface area contributed by atoms with Gasteiger partial charge in [0.2, 0.25) is 0 Å². The summed E-state index contributed by atoms with van der Waals surface area (Å²) in [5, 5.41) is 3.06. The van der Waals surface area contributed by atoms with Crippen LogP contribution < -0.4 is 10.1 Å². The van der Waals surface area contributed by atoms with Crippen LogP contribution in [0.15, 0.2) is 73.1 Å². The summed E-state index contributed by atoms with van der Waals surface area (Å²) in [6.45, 7) is 2.01. The summed E-state index contributed by atoms with van der Waals surface area (Å²) in [6.07, 6.45) is 5.35. The van der Waals surface area contributed by atoms with Crippen LogP contribution in [0.5, 0.6) is 5.75 Å². The van der Waals surface area contributed by atoms with E-state index in [1.807, 2.05) is 73.8 Å².